The second-order valence-corrected chi connectivity index (χ2v) is 8.97. The SMILES string of the molecule is C[N+](C)(C)c1ccc(-c2nn(-c3ccccc3)[n+](-c3nc4ccccc4s3)n2)cc1. The average molecular weight is 415 g/mol. The van der Waals surface area contributed by atoms with Crippen molar-refractivity contribution in [1.29, 1.82) is 0 Å². The van der Waals surface area contributed by atoms with Gasteiger partial charge >= 0.3 is 5.13 Å². The highest BCUT2D eigenvalue weighted by atomic mass is 32.1. The Kier molecular flexibility index (Phi) is 4.42. The van der Waals surface area contributed by atoms with Crippen molar-refractivity contribution >= 4 is 27.2 Å². The summed E-state index contributed by atoms with van der Waals surface area (Å²) in [5.41, 5.74) is 4.08. The second kappa shape index (κ2) is 7.12. The zero-order valence-electron chi connectivity index (χ0n) is 17.1. The van der Waals surface area contributed by atoms with E-state index in [-0.39, 0.29) is 0 Å². The lowest BCUT2D eigenvalue weighted by molar-refractivity contribution is -0.734. The van der Waals surface area contributed by atoms with Crippen molar-refractivity contribution in [2.75, 3.05) is 21.1 Å². The van der Waals surface area contributed by atoms with E-state index < -0.39 is 0 Å². The molecule has 0 aliphatic rings. The Morgan fingerprint density at radius 1 is 0.833 bits per heavy atom. The van der Waals surface area contributed by atoms with Crippen molar-refractivity contribution in [2.24, 2.45) is 0 Å². The average Bonchev–Trinajstić information content (AvgIpc) is 3.38. The molecule has 0 amide bonds. The van der Waals surface area contributed by atoms with Gasteiger partial charge in [-0.1, -0.05) is 46.7 Å². The molecule has 0 atom stereocenters. The van der Waals surface area contributed by atoms with Crippen LogP contribution < -0.4 is 9.28 Å². The number of aromatic nitrogens is 5. The van der Waals surface area contributed by atoms with Crippen molar-refractivity contribution in [3.63, 3.8) is 0 Å². The summed E-state index contributed by atoms with van der Waals surface area (Å²) in [4.78, 5) is 8.37. The molecule has 30 heavy (non-hydrogen) atoms. The molecule has 5 aromatic rings. The lowest BCUT2D eigenvalue weighted by Crippen LogP contribution is -2.43. The van der Waals surface area contributed by atoms with Crippen LogP contribution in [-0.4, -0.2) is 41.1 Å². The van der Waals surface area contributed by atoms with Gasteiger partial charge < -0.3 is 0 Å². The van der Waals surface area contributed by atoms with E-state index in [0.29, 0.717) is 5.82 Å². The van der Waals surface area contributed by atoms with Crippen molar-refractivity contribution < 1.29 is 4.80 Å². The van der Waals surface area contributed by atoms with Crippen molar-refractivity contribution in [3.05, 3.63) is 78.9 Å². The second-order valence-electron chi connectivity index (χ2n) is 7.96. The Labute approximate surface area is 178 Å². The smallest absolute Gasteiger partial charge is 0.298 e. The number of nitrogens with zero attached hydrogens (tertiary/aromatic N) is 6. The largest absolute Gasteiger partial charge is 0.365 e. The number of hydrogen-bond acceptors (Lipinski definition) is 4. The number of hydrogen-bond donors (Lipinski definition) is 0. The third kappa shape index (κ3) is 3.38. The van der Waals surface area contributed by atoms with E-state index in [9.17, 15) is 0 Å². The molecule has 6 nitrogen and oxygen atoms in total. The quantitative estimate of drug-likeness (QED) is 0.330. The van der Waals surface area contributed by atoms with E-state index in [1.54, 1.807) is 20.9 Å². The van der Waals surface area contributed by atoms with Gasteiger partial charge in [-0.25, -0.2) is 0 Å². The van der Waals surface area contributed by atoms with Crippen LogP contribution >= 0.6 is 11.3 Å². The van der Waals surface area contributed by atoms with Gasteiger partial charge in [0.15, 0.2) is 5.52 Å². The van der Waals surface area contributed by atoms with Gasteiger partial charge in [-0.2, -0.15) is 0 Å². The van der Waals surface area contributed by atoms with Gasteiger partial charge in [0, 0.05) is 10.7 Å². The lowest BCUT2D eigenvalue weighted by atomic mass is 10.2. The fraction of sp³-hybridized carbons (Fsp3) is 0.130. The minimum atomic E-state index is 0.658. The Hall–Kier alpha value is -3.42. The minimum Gasteiger partial charge on any atom is -0.298 e. The molecule has 3 aromatic carbocycles. The van der Waals surface area contributed by atoms with E-state index in [2.05, 4.69) is 51.5 Å². The highest BCUT2D eigenvalue weighted by Gasteiger charge is 2.25. The van der Waals surface area contributed by atoms with Crippen LogP contribution in [0.2, 0.25) is 0 Å². The van der Waals surface area contributed by atoms with Crippen molar-refractivity contribution in [2.45, 2.75) is 0 Å². The van der Waals surface area contributed by atoms with Gasteiger partial charge in [0.05, 0.1) is 25.8 Å². The maximum atomic E-state index is 4.83. The highest BCUT2D eigenvalue weighted by Crippen LogP contribution is 2.24. The highest BCUT2D eigenvalue weighted by molar-refractivity contribution is 7.20. The number of tetrazole rings is 1. The predicted molar refractivity (Wildman–Crippen MR) is 121 cm³/mol. The van der Waals surface area contributed by atoms with Crippen LogP contribution in [0.25, 0.3) is 32.4 Å². The van der Waals surface area contributed by atoms with Crippen LogP contribution in [-0.2, 0) is 0 Å². The predicted octanol–water partition coefficient (Wildman–Crippen LogP) is 4.02. The van der Waals surface area contributed by atoms with Gasteiger partial charge in [0.25, 0.3) is 5.82 Å². The molecule has 148 valence electrons. The van der Waals surface area contributed by atoms with E-state index in [1.165, 1.54) is 5.69 Å². The standard InChI is InChI=1S/C23H22N6S/c1-29(2,3)19-15-13-17(14-16-19)22-25-27(18-9-5-4-6-10-18)28(26-22)23-24-20-11-7-8-12-21(20)30-23/h4-16H,1-3H3/q+2. The zero-order valence-corrected chi connectivity index (χ0v) is 17.9. The molecule has 2 aromatic heterocycles. The molecule has 0 fully saturated rings. The molecule has 0 saturated heterocycles. The molecule has 0 aliphatic carbocycles. The summed E-state index contributed by atoms with van der Waals surface area (Å²) in [7, 11) is 6.45. The molecular weight excluding hydrogens is 392 g/mol. The Morgan fingerprint density at radius 3 is 2.23 bits per heavy atom. The normalized spacial score (nSPS) is 11.8. The van der Waals surface area contributed by atoms with Crippen LogP contribution in [0.15, 0.2) is 78.9 Å². The number of fused-ring (bicyclic) bond motifs is 1. The van der Waals surface area contributed by atoms with Gasteiger partial charge in [0.2, 0.25) is 0 Å². The summed E-state index contributed by atoms with van der Waals surface area (Å²) in [5.74, 6) is 0.658. The molecule has 0 aliphatic heterocycles. The maximum Gasteiger partial charge on any atom is 0.365 e. The van der Waals surface area contributed by atoms with Gasteiger partial charge in [0.1, 0.15) is 11.4 Å². The van der Waals surface area contributed by atoms with E-state index in [1.807, 2.05) is 48.5 Å². The van der Waals surface area contributed by atoms with Crippen molar-refractivity contribution in [1.82, 2.24) is 24.5 Å². The van der Waals surface area contributed by atoms with E-state index >= 15 is 0 Å². The summed E-state index contributed by atoms with van der Waals surface area (Å²) in [5, 5.41) is 10.4. The first kappa shape index (κ1) is 18.6. The molecule has 0 saturated carbocycles. The van der Waals surface area contributed by atoms with Crippen LogP contribution in [0.3, 0.4) is 0 Å². The summed E-state index contributed by atoms with van der Waals surface area (Å²) >= 11 is 1.60. The molecule has 0 unspecified atom stereocenters. The number of para-hydroxylation sites is 2. The van der Waals surface area contributed by atoms with Crippen molar-refractivity contribution in [3.8, 4) is 22.2 Å². The molecule has 7 heteroatoms. The van der Waals surface area contributed by atoms with Crippen LogP contribution in [0, 0.1) is 0 Å². The number of quaternary nitrogens is 1. The molecule has 5 rings (SSSR count). The van der Waals surface area contributed by atoms with Gasteiger partial charge in [-0.05, 0) is 63.2 Å². The molecular formula is C23H22N6S+2. The third-order valence-corrected chi connectivity index (χ3v) is 5.90. The molecule has 0 bridgehead atoms. The fourth-order valence-corrected chi connectivity index (χ4v) is 4.16. The lowest BCUT2D eigenvalue weighted by Gasteiger charge is -2.23. The summed E-state index contributed by atoms with van der Waals surface area (Å²) in [6, 6.07) is 26.5. The summed E-state index contributed by atoms with van der Waals surface area (Å²) in [6.45, 7) is 0. The molecule has 0 radical (unpaired) electrons. The van der Waals surface area contributed by atoms with Crippen LogP contribution in [0.5, 0.6) is 0 Å². The monoisotopic (exact) mass is 414 g/mol. The number of thiazole rings is 1. The Bertz CT molecular complexity index is 1280. The van der Waals surface area contributed by atoms with E-state index in [0.717, 1.165) is 31.1 Å². The minimum absolute atomic E-state index is 0.658. The molecule has 0 spiro atoms. The van der Waals surface area contributed by atoms with E-state index in [4.69, 9.17) is 15.2 Å². The Balaban J connectivity index is 1.65. The topological polar surface area (TPSA) is 47.5 Å². The first-order valence-corrected chi connectivity index (χ1v) is 10.5. The number of benzene rings is 3. The van der Waals surface area contributed by atoms with Gasteiger partial charge in [-0.3, -0.25) is 4.48 Å². The molecule has 0 N–H and O–H groups in total. The van der Waals surface area contributed by atoms with Gasteiger partial charge in [-0.15, -0.1) is 0 Å². The maximum absolute atomic E-state index is 4.83. The van der Waals surface area contributed by atoms with Crippen LogP contribution in [0.4, 0.5) is 5.69 Å². The fourth-order valence-electron chi connectivity index (χ4n) is 3.26. The summed E-state index contributed by atoms with van der Waals surface area (Å²) in [6.07, 6.45) is 0. The zero-order chi connectivity index (χ0) is 20.7. The molecule has 2 heterocycles. The Morgan fingerprint density at radius 2 is 1.53 bits per heavy atom. The third-order valence-electron chi connectivity index (χ3n) is 4.90. The first-order chi connectivity index (χ1) is 14.5. The summed E-state index contributed by atoms with van der Waals surface area (Å²) < 4.78 is 1.88. The number of rotatable bonds is 4. The van der Waals surface area contributed by atoms with Crippen LogP contribution in [0.1, 0.15) is 0 Å². The first-order valence-electron chi connectivity index (χ1n) is 9.72.